The Morgan fingerprint density at radius 3 is 2.08 bits per heavy atom. The van der Waals surface area contributed by atoms with Gasteiger partial charge in [0.1, 0.15) is 24.2 Å². The molecule has 0 fully saturated rings. The van der Waals surface area contributed by atoms with Gasteiger partial charge in [-0.05, 0) is 30.2 Å². The second-order valence-electron chi connectivity index (χ2n) is 9.36. The lowest BCUT2D eigenvalue weighted by Gasteiger charge is -2.34. The van der Waals surface area contributed by atoms with Crippen molar-refractivity contribution >= 4 is 27.7 Å². The van der Waals surface area contributed by atoms with Gasteiger partial charge in [0.15, 0.2) is 0 Å². The molecule has 1 unspecified atom stereocenters. The lowest BCUT2D eigenvalue weighted by atomic mass is 10.0. The molecule has 2 amide bonds. The van der Waals surface area contributed by atoms with E-state index >= 15 is 0 Å². The molecular formula is C29H34F2N4O4S. The summed E-state index contributed by atoms with van der Waals surface area (Å²) in [6, 6.07) is 18.9. The normalized spacial score (nSPS) is 12.2. The zero-order chi connectivity index (χ0) is 29.3. The van der Waals surface area contributed by atoms with Crippen LogP contribution in [-0.2, 0) is 32.8 Å². The largest absolute Gasteiger partial charge is 0.354 e. The van der Waals surface area contributed by atoms with Crippen molar-refractivity contribution in [2.75, 3.05) is 31.5 Å². The maximum atomic E-state index is 14.8. The number of nitrogens with zero attached hydrogens (tertiary/aromatic N) is 3. The van der Waals surface area contributed by atoms with E-state index in [-0.39, 0.29) is 24.2 Å². The molecule has 3 rings (SSSR count). The number of para-hydroxylation sites is 1. The van der Waals surface area contributed by atoms with E-state index in [1.54, 1.807) is 30.3 Å². The van der Waals surface area contributed by atoms with Crippen LogP contribution in [0.4, 0.5) is 14.5 Å². The summed E-state index contributed by atoms with van der Waals surface area (Å²) < 4.78 is 57.7. The van der Waals surface area contributed by atoms with Gasteiger partial charge in [-0.25, -0.2) is 13.1 Å². The minimum Gasteiger partial charge on any atom is -0.354 e. The van der Waals surface area contributed by atoms with Gasteiger partial charge < -0.3 is 10.2 Å². The van der Waals surface area contributed by atoms with Crippen LogP contribution in [-0.4, -0.2) is 62.7 Å². The highest BCUT2D eigenvalue weighted by atomic mass is 32.2. The number of carbonyl (C=O) groups excluding carboxylic acids is 2. The molecule has 3 aromatic carbocycles. The van der Waals surface area contributed by atoms with Crippen LogP contribution in [0.3, 0.4) is 0 Å². The minimum absolute atomic E-state index is 0.0940. The van der Waals surface area contributed by atoms with Crippen molar-refractivity contribution in [2.45, 2.75) is 32.4 Å². The summed E-state index contributed by atoms with van der Waals surface area (Å²) in [5.41, 5.74) is 0.563. The number of amides is 2. The van der Waals surface area contributed by atoms with Crippen LogP contribution in [0.15, 0.2) is 78.9 Å². The summed E-state index contributed by atoms with van der Waals surface area (Å²) in [6.07, 6.45) is 0.740. The Morgan fingerprint density at radius 1 is 0.875 bits per heavy atom. The van der Waals surface area contributed by atoms with Gasteiger partial charge in [-0.2, -0.15) is 12.7 Å². The van der Waals surface area contributed by atoms with E-state index in [4.69, 9.17) is 0 Å². The molecule has 0 aliphatic rings. The van der Waals surface area contributed by atoms with Crippen molar-refractivity contribution in [2.24, 2.45) is 0 Å². The predicted molar refractivity (Wildman–Crippen MR) is 151 cm³/mol. The van der Waals surface area contributed by atoms with Crippen LogP contribution in [0.2, 0.25) is 0 Å². The molecule has 0 saturated carbocycles. The molecule has 0 saturated heterocycles. The fourth-order valence-electron chi connectivity index (χ4n) is 4.09. The van der Waals surface area contributed by atoms with E-state index in [0.29, 0.717) is 17.3 Å². The van der Waals surface area contributed by atoms with Crippen molar-refractivity contribution in [3.05, 3.63) is 102 Å². The van der Waals surface area contributed by atoms with Crippen molar-refractivity contribution in [1.29, 1.82) is 0 Å². The molecule has 3 aromatic rings. The number of hydrogen-bond donors (Lipinski definition) is 1. The Kier molecular flexibility index (Phi) is 10.7. The molecule has 0 aliphatic heterocycles. The maximum Gasteiger partial charge on any atom is 0.304 e. The van der Waals surface area contributed by atoms with E-state index in [1.807, 2.05) is 13.0 Å². The van der Waals surface area contributed by atoms with Gasteiger partial charge in [0.2, 0.25) is 11.8 Å². The van der Waals surface area contributed by atoms with Crippen LogP contribution in [0, 0.1) is 11.6 Å². The maximum absolute atomic E-state index is 14.8. The molecule has 0 aromatic heterocycles. The Morgan fingerprint density at radius 2 is 1.48 bits per heavy atom. The molecule has 0 heterocycles. The van der Waals surface area contributed by atoms with Gasteiger partial charge in [-0.15, -0.1) is 0 Å². The number of rotatable bonds is 13. The Labute approximate surface area is 234 Å². The van der Waals surface area contributed by atoms with Crippen LogP contribution < -0.4 is 9.62 Å². The molecule has 11 heteroatoms. The van der Waals surface area contributed by atoms with Crippen LogP contribution >= 0.6 is 0 Å². The fourth-order valence-corrected chi connectivity index (χ4v) is 5.15. The molecular weight excluding hydrogens is 538 g/mol. The first-order chi connectivity index (χ1) is 19.1. The highest BCUT2D eigenvalue weighted by molar-refractivity contribution is 7.90. The van der Waals surface area contributed by atoms with E-state index in [1.165, 1.54) is 50.5 Å². The monoisotopic (exact) mass is 572 g/mol. The number of halogens is 2. The summed E-state index contributed by atoms with van der Waals surface area (Å²) in [6.45, 7) is 1.10. The van der Waals surface area contributed by atoms with Gasteiger partial charge in [0, 0.05) is 39.2 Å². The lowest BCUT2D eigenvalue weighted by molar-refractivity contribution is -0.140. The molecule has 0 bridgehead atoms. The van der Waals surface area contributed by atoms with E-state index in [0.717, 1.165) is 20.8 Å². The average Bonchev–Trinajstić information content (AvgIpc) is 2.94. The number of benzene rings is 3. The zero-order valence-electron chi connectivity index (χ0n) is 22.8. The van der Waals surface area contributed by atoms with Gasteiger partial charge in [0.25, 0.3) is 0 Å². The smallest absolute Gasteiger partial charge is 0.304 e. The SMILES string of the molecule is CCCNC(=O)C(Cc1ccccc1)N(Cc1ccccc1F)C(=O)CN(c1ccccc1F)S(=O)(=O)N(C)C. The Balaban J connectivity index is 2.10. The van der Waals surface area contributed by atoms with Crippen LogP contribution in [0.25, 0.3) is 0 Å². The Bertz CT molecular complexity index is 1400. The van der Waals surface area contributed by atoms with E-state index in [9.17, 15) is 26.8 Å². The molecule has 8 nitrogen and oxygen atoms in total. The number of hydrogen-bond acceptors (Lipinski definition) is 4. The molecule has 1 N–H and O–H groups in total. The standard InChI is InChI=1S/C29H34F2N4O4S/c1-4-18-32-29(37)27(19-22-12-6-5-7-13-22)34(20-23-14-8-9-15-24(23)30)28(36)21-35(40(38,39)33(2)3)26-17-11-10-16-25(26)31/h5-17,27H,4,18-21H2,1-3H3,(H,32,37). The summed E-state index contributed by atoms with van der Waals surface area (Å²) in [5.74, 6) is -2.70. The third kappa shape index (κ3) is 7.64. The molecule has 1 atom stereocenters. The number of nitrogens with one attached hydrogen (secondary N) is 1. The minimum atomic E-state index is -4.34. The van der Waals surface area contributed by atoms with Crippen LogP contribution in [0.1, 0.15) is 24.5 Å². The second-order valence-corrected chi connectivity index (χ2v) is 11.4. The highest BCUT2D eigenvalue weighted by Gasteiger charge is 2.35. The van der Waals surface area contributed by atoms with Gasteiger partial charge >= 0.3 is 10.2 Å². The first-order valence-corrected chi connectivity index (χ1v) is 14.2. The number of carbonyl (C=O) groups is 2. The molecule has 0 spiro atoms. The highest BCUT2D eigenvalue weighted by Crippen LogP contribution is 2.24. The van der Waals surface area contributed by atoms with E-state index < -0.39 is 46.2 Å². The first kappa shape index (κ1) is 30.7. The summed E-state index contributed by atoms with van der Waals surface area (Å²) in [4.78, 5) is 28.6. The molecule has 40 heavy (non-hydrogen) atoms. The summed E-state index contributed by atoms with van der Waals surface area (Å²) in [5, 5.41) is 2.80. The van der Waals surface area contributed by atoms with Crippen molar-refractivity contribution < 1.29 is 26.8 Å². The summed E-state index contributed by atoms with van der Waals surface area (Å²) in [7, 11) is -1.81. The van der Waals surface area contributed by atoms with Crippen molar-refractivity contribution in [3.63, 3.8) is 0 Å². The molecule has 214 valence electrons. The zero-order valence-corrected chi connectivity index (χ0v) is 23.6. The van der Waals surface area contributed by atoms with Crippen LogP contribution in [0.5, 0.6) is 0 Å². The quantitative estimate of drug-likeness (QED) is 0.338. The van der Waals surface area contributed by atoms with Gasteiger partial charge in [0.05, 0.1) is 5.69 Å². The fraction of sp³-hybridized carbons (Fsp3) is 0.310. The lowest BCUT2D eigenvalue weighted by Crippen LogP contribution is -2.54. The van der Waals surface area contributed by atoms with Gasteiger partial charge in [-0.1, -0.05) is 67.6 Å². The molecule has 0 aliphatic carbocycles. The third-order valence-electron chi connectivity index (χ3n) is 6.26. The van der Waals surface area contributed by atoms with Gasteiger partial charge in [-0.3, -0.25) is 9.59 Å². The molecule has 0 radical (unpaired) electrons. The third-order valence-corrected chi connectivity index (χ3v) is 8.06. The topological polar surface area (TPSA) is 90.0 Å². The van der Waals surface area contributed by atoms with Crippen molar-refractivity contribution in [3.8, 4) is 0 Å². The predicted octanol–water partition coefficient (Wildman–Crippen LogP) is 3.74. The average molecular weight is 573 g/mol. The van der Waals surface area contributed by atoms with Crippen molar-refractivity contribution in [1.82, 2.24) is 14.5 Å². The second kappa shape index (κ2) is 14.0. The van der Waals surface area contributed by atoms with E-state index in [2.05, 4.69) is 5.32 Å². The Hall–Kier alpha value is -3.83. The first-order valence-electron chi connectivity index (χ1n) is 12.9. The summed E-state index contributed by atoms with van der Waals surface area (Å²) >= 11 is 0. The number of anilines is 1.